The average molecular weight is 570 g/mol. The van der Waals surface area contributed by atoms with E-state index in [9.17, 15) is 19.5 Å². The Morgan fingerprint density at radius 2 is 1.52 bits per heavy atom. The number of carboxylic acid groups (broad SMARTS) is 1. The summed E-state index contributed by atoms with van der Waals surface area (Å²) in [6, 6.07) is 25.7. The molecule has 3 N–H and O–H groups in total. The Balaban J connectivity index is 1.16. The molecule has 9 heteroatoms. The van der Waals surface area contributed by atoms with Crippen LogP contribution in [0.25, 0.3) is 11.1 Å². The van der Waals surface area contributed by atoms with Gasteiger partial charge in [-0.3, -0.25) is 9.69 Å². The number of carbonyl (C=O) groups excluding carboxylic acids is 2. The first-order valence-electron chi connectivity index (χ1n) is 14.5. The molecule has 1 aliphatic carbocycles. The van der Waals surface area contributed by atoms with E-state index in [1.807, 2.05) is 42.5 Å². The molecule has 2 aliphatic heterocycles. The molecule has 2 heterocycles. The molecule has 0 spiro atoms. The topological polar surface area (TPSA) is 117 Å². The predicted octanol–water partition coefficient (Wildman–Crippen LogP) is 3.92. The molecule has 6 rings (SSSR count). The van der Waals surface area contributed by atoms with E-state index < -0.39 is 35.7 Å². The summed E-state index contributed by atoms with van der Waals surface area (Å²) < 4.78 is 11.1. The van der Waals surface area contributed by atoms with Crippen molar-refractivity contribution in [1.82, 2.24) is 15.5 Å². The Morgan fingerprint density at radius 1 is 0.905 bits per heavy atom. The van der Waals surface area contributed by atoms with Crippen LogP contribution in [0.3, 0.4) is 0 Å². The fourth-order valence-corrected chi connectivity index (χ4v) is 6.46. The Bertz CT molecular complexity index is 1410. The Labute approximate surface area is 244 Å². The summed E-state index contributed by atoms with van der Waals surface area (Å²) in [6.07, 6.45) is -0.661. The number of nitrogens with one attached hydrogen (secondary N) is 2. The summed E-state index contributed by atoms with van der Waals surface area (Å²) in [5, 5.41) is 15.3. The number of aliphatic carboxylic acids is 1. The zero-order valence-electron chi connectivity index (χ0n) is 23.3. The Morgan fingerprint density at radius 3 is 2.17 bits per heavy atom. The van der Waals surface area contributed by atoms with Crippen LogP contribution < -0.4 is 10.6 Å². The van der Waals surface area contributed by atoms with Crippen LogP contribution in [0.15, 0.2) is 78.9 Å². The molecular weight excluding hydrogens is 534 g/mol. The van der Waals surface area contributed by atoms with Gasteiger partial charge in [0.15, 0.2) is 6.10 Å². The van der Waals surface area contributed by atoms with Crippen LogP contribution in [0.1, 0.15) is 41.9 Å². The van der Waals surface area contributed by atoms with Gasteiger partial charge in [0.2, 0.25) is 5.91 Å². The molecule has 2 saturated heterocycles. The summed E-state index contributed by atoms with van der Waals surface area (Å²) in [7, 11) is 0. The van der Waals surface area contributed by atoms with Crippen LogP contribution in [-0.4, -0.2) is 72.0 Å². The highest BCUT2D eigenvalue weighted by Crippen LogP contribution is 2.44. The zero-order valence-corrected chi connectivity index (χ0v) is 23.3. The number of piperidine rings is 1. The largest absolute Gasteiger partial charge is 0.479 e. The number of fused-ring (bicyclic) bond motifs is 3. The number of hydrogen-bond donors (Lipinski definition) is 3. The van der Waals surface area contributed by atoms with Gasteiger partial charge in [-0.2, -0.15) is 0 Å². The molecule has 0 unspecified atom stereocenters. The number of nitrogens with zero attached hydrogens (tertiary/aromatic N) is 1. The van der Waals surface area contributed by atoms with Crippen LogP contribution in [-0.2, 0) is 25.6 Å². The number of carboxylic acids is 1. The minimum atomic E-state index is -1.23. The molecular formula is C33H35N3O6. The van der Waals surface area contributed by atoms with Crippen molar-refractivity contribution in [2.24, 2.45) is 0 Å². The fourth-order valence-electron chi connectivity index (χ4n) is 6.46. The number of benzene rings is 3. The van der Waals surface area contributed by atoms with Gasteiger partial charge < -0.3 is 25.2 Å². The van der Waals surface area contributed by atoms with Crippen molar-refractivity contribution < 1.29 is 29.0 Å². The highest BCUT2D eigenvalue weighted by molar-refractivity contribution is 5.91. The summed E-state index contributed by atoms with van der Waals surface area (Å²) in [5.74, 6) is -1.63. The third-order valence-corrected chi connectivity index (χ3v) is 8.73. The molecule has 218 valence electrons. The molecule has 9 nitrogen and oxygen atoms in total. The lowest BCUT2D eigenvalue weighted by atomic mass is 9.85. The standard InChI is InChI=1S/C33H35N3O6/c37-30(38)29-28(14-19-41-29)34-31(39)33(15-17-36(18-16-33)20-22-8-2-1-3-9-22)35-32(40)42-21-27-25-12-6-4-10-23(25)24-11-5-7-13-26(24)27/h1-13,27-29H,14-21H2,(H,34,39)(H,35,40)(H,37,38)/t28-,29+/m0/s1. The lowest BCUT2D eigenvalue weighted by Crippen LogP contribution is -2.65. The van der Waals surface area contributed by atoms with Crippen LogP contribution in [0.2, 0.25) is 0 Å². The smallest absolute Gasteiger partial charge is 0.408 e. The van der Waals surface area contributed by atoms with Crippen molar-refractivity contribution in [3.63, 3.8) is 0 Å². The first kappa shape index (κ1) is 27.9. The minimum absolute atomic E-state index is 0.104. The molecule has 3 aliphatic rings. The molecule has 0 radical (unpaired) electrons. The Hall–Kier alpha value is -4.21. The van der Waals surface area contributed by atoms with Crippen molar-refractivity contribution in [1.29, 1.82) is 0 Å². The van der Waals surface area contributed by atoms with Crippen LogP contribution in [0.4, 0.5) is 4.79 Å². The molecule has 3 aromatic carbocycles. The van der Waals surface area contributed by atoms with Crippen LogP contribution in [0.5, 0.6) is 0 Å². The summed E-state index contributed by atoms with van der Waals surface area (Å²) >= 11 is 0. The third kappa shape index (κ3) is 5.62. The van der Waals surface area contributed by atoms with Crippen molar-refractivity contribution in [3.05, 3.63) is 95.6 Å². The van der Waals surface area contributed by atoms with Gasteiger partial charge in [0.25, 0.3) is 0 Å². The van der Waals surface area contributed by atoms with Crippen LogP contribution >= 0.6 is 0 Å². The lowest BCUT2D eigenvalue weighted by molar-refractivity contribution is -0.148. The fraction of sp³-hybridized carbons (Fsp3) is 0.364. The molecule has 42 heavy (non-hydrogen) atoms. The van der Waals surface area contributed by atoms with Gasteiger partial charge in [0.05, 0.1) is 6.04 Å². The normalized spacial score (nSPS) is 21.2. The average Bonchev–Trinajstić information content (AvgIpc) is 3.60. The minimum Gasteiger partial charge on any atom is -0.479 e. The maximum Gasteiger partial charge on any atom is 0.408 e. The molecule has 0 aromatic heterocycles. The third-order valence-electron chi connectivity index (χ3n) is 8.73. The summed E-state index contributed by atoms with van der Waals surface area (Å²) in [4.78, 5) is 41.0. The molecule has 2 atom stereocenters. The van der Waals surface area contributed by atoms with Gasteiger partial charge >= 0.3 is 12.1 Å². The second-order valence-corrected chi connectivity index (χ2v) is 11.3. The summed E-state index contributed by atoms with van der Waals surface area (Å²) in [5.41, 5.74) is 4.42. The second kappa shape index (κ2) is 12.0. The van der Waals surface area contributed by atoms with E-state index in [4.69, 9.17) is 9.47 Å². The highest BCUT2D eigenvalue weighted by atomic mass is 16.5. The first-order chi connectivity index (χ1) is 20.4. The van der Waals surface area contributed by atoms with E-state index in [1.165, 1.54) is 5.56 Å². The highest BCUT2D eigenvalue weighted by Gasteiger charge is 2.46. The van der Waals surface area contributed by atoms with E-state index >= 15 is 0 Å². The van der Waals surface area contributed by atoms with Gasteiger partial charge in [-0.1, -0.05) is 78.9 Å². The summed E-state index contributed by atoms with van der Waals surface area (Å²) in [6.45, 7) is 2.28. The first-order valence-corrected chi connectivity index (χ1v) is 14.5. The molecule has 0 saturated carbocycles. The number of ether oxygens (including phenoxy) is 2. The van der Waals surface area contributed by atoms with Crippen molar-refractivity contribution in [3.8, 4) is 11.1 Å². The maximum atomic E-state index is 13.8. The number of rotatable bonds is 8. The van der Waals surface area contributed by atoms with E-state index in [1.54, 1.807) is 0 Å². The zero-order chi connectivity index (χ0) is 29.1. The molecule has 0 bridgehead atoms. The number of alkyl carbamates (subject to hydrolysis) is 1. The lowest BCUT2D eigenvalue weighted by Gasteiger charge is -2.41. The quantitative estimate of drug-likeness (QED) is 0.377. The van der Waals surface area contributed by atoms with Gasteiger partial charge in [-0.15, -0.1) is 0 Å². The molecule has 3 aromatic rings. The van der Waals surface area contributed by atoms with Gasteiger partial charge in [0, 0.05) is 32.2 Å². The number of hydrogen-bond acceptors (Lipinski definition) is 6. The molecule has 2 amide bonds. The van der Waals surface area contributed by atoms with Crippen molar-refractivity contribution in [2.75, 3.05) is 26.3 Å². The second-order valence-electron chi connectivity index (χ2n) is 11.3. The SMILES string of the molecule is O=C(NC1(C(=O)N[C@H]2CCO[C@H]2C(=O)O)CCN(Cc2ccccc2)CC1)OCC1c2ccccc2-c2ccccc21. The number of amides is 2. The Kier molecular flexibility index (Phi) is 7.95. The van der Waals surface area contributed by atoms with E-state index in [2.05, 4.69) is 51.9 Å². The number of carbonyl (C=O) groups is 3. The van der Waals surface area contributed by atoms with Crippen molar-refractivity contribution >= 4 is 18.0 Å². The number of likely N-dealkylation sites (tertiary alicyclic amines) is 1. The molecule has 2 fully saturated rings. The predicted molar refractivity (Wildman–Crippen MR) is 156 cm³/mol. The van der Waals surface area contributed by atoms with Crippen molar-refractivity contribution in [2.45, 2.75) is 49.4 Å². The van der Waals surface area contributed by atoms with Crippen LogP contribution in [0, 0.1) is 0 Å². The van der Waals surface area contributed by atoms with Gasteiger partial charge in [-0.05, 0) is 47.1 Å². The van der Waals surface area contributed by atoms with E-state index in [-0.39, 0.29) is 19.1 Å². The van der Waals surface area contributed by atoms with Gasteiger partial charge in [-0.25, -0.2) is 9.59 Å². The monoisotopic (exact) mass is 569 g/mol. The van der Waals surface area contributed by atoms with Gasteiger partial charge in [0.1, 0.15) is 12.1 Å². The maximum absolute atomic E-state index is 13.8. The van der Waals surface area contributed by atoms with E-state index in [0.29, 0.717) is 32.4 Å². The van der Waals surface area contributed by atoms with E-state index in [0.717, 1.165) is 28.8 Å².